The number of carbonyl (C=O) groups is 3. The van der Waals surface area contributed by atoms with Crippen LogP contribution in [0, 0.1) is 6.92 Å². The summed E-state index contributed by atoms with van der Waals surface area (Å²) in [4.78, 5) is 40.6. The zero-order valence-electron chi connectivity index (χ0n) is 21.1. The third kappa shape index (κ3) is 5.85. The Morgan fingerprint density at radius 3 is 2.65 bits per heavy atom. The van der Waals surface area contributed by atoms with Gasteiger partial charge in [-0.15, -0.1) is 0 Å². The van der Waals surface area contributed by atoms with Crippen molar-refractivity contribution in [2.45, 2.75) is 45.7 Å². The molecule has 0 aliphatic rings. The number of carboxylic acids is 1. The number of amides is 2. The minimum atomic E-state index is -0.854. The molecule has 10 heteroatoms. The van der Waals surface area contributed by atoms with Crippen molar-refractivity contribution < 1.29 is 19.5 Å². The highest BCUT2D eigenvalue weighted by atomic mass is 16.4. The average Bonchev–Trinajstić information content (AvgIpc) is 3.51. The normalized spacial score (nSPS) is 11.9. The Bertz CT molecular complexity index is 1440. The third-order valence-corrected chi connectivity index (χ3v) is 6.40. The van der Waals surface area contributed by atoms with Gasteiger partial charge in [-0.2, -0.15) is 5.10 Å². The maximum atomic E-state index is 13.5. The van der Waals surface area contributed by atoms with Gasteiger partial charge in [-0.3, -0.25) is 14.4 Å². The molecular formula is C27H30N6O4. The summed E-state index contributed by atoms with van der Waals surface area (Å²) in [5.41, 5.74) is 4.74. The number of rotatable bonds is 10. The van der Waals surface area contributed by atoms with Crippen LogP contribution in [0.25, 0.3) is 10.9 Å². The smallest absolute Gasteiger partial charge is 0.303 e. The van der Waals surface area contributed by atoms with Gasteiger partial charge >= 0.3 is 5.97 Å². The summed E-state index contributed by atoms with van der Waals surface area (Å²) < 4.78 is 3.56. The van der Waals surface area contributed by atoms with Gasteiger partial charge in [-0.25, -0.2) is 9.67 Å². The first kappa shape index (κ1) is 25.6. The molecule has 2 aromatic heterocycles. The molecule has 1 unspecified atom stereocenters. The number of aryl methyl sites for hydroxylation is 2. The molecule has 0 fully saturated rings. The molecule has 0 saturated heterocycles. The number of carboxylic acid groups (broad SMARTS) is 1. The molecule has 0 saturated carbocycles. The van der Waals surface area contributed by atoms with Crippen LogP contribution in [0.5, 0.6) is 0 Å². The first-order valence-corrected chi connectivity index (χ1v) is 12.1. The van der Waals surface area contributed by atoms with Crippen LogP contribution >= 0.6 is 0 Å². The predicted molar refractivity (Wildman–Crippen MR) is 140 cm³/mol. The summed E-state index contributed by atoms with van der Waals surface area (Å²) in [5, 5.41) is 19.8. The minimum absolute atomic E-state index is 0.0484. The molecule has 2 amide bonds. The lowest BCUT2D eigenvalue weighted by Crippen LogP contribution is -2.24. The molecule has 0 bridgehead atoms. The highest BCUT2D eigenvalue weighted by Crippen LogP contribution is 2.27. The van der Waals surface area contributed by atoms with Crippen LogP contribution in [0.1, 0.15) is 52.9 Å². The number of hydrogen-bond acceptors (Lipinski definition) is 5. The zero-order chi connectivity index (χ0) is 26.5. The molecule has 2 heterocycles. The van der Waals surface area contributed by atoms with Crippen LogP contribution in [0.4, 0.5) is 5.69 Å². The fraction of sp³-hybridized carbons (Fsp3) is 0.296. The molecule has 37 heavy (non-hydrogen) atoms. The number of nitrogens with zero attached hydrogens (tertiary/aromatic N) is 4. The monoisotopic (exact) mass is 502 g/mol. The Kier molecular flexibility index (Phi) is 7.66. The van der Waals surface area contributed by atoms with E-state index in [0.717, 1.165) is 27.6 Å². The average molecular weight is 503 g/mol. The maximum Gasteiger partial charge on any atom is 0.303 e. The molecule has 4 rings (SSSR count). The Morgan fingerprint density at radius 1 is 1.14 bits per heavy atom. The van der Waals surface area contributed by atoms with Gasteiger partial charge in [0.2, 0.25) is 5.91 Å². The van der Waals surface area contributed by atoms with E-state index in [9.17, 15) is 14.4 Å². The second-order valence-corrected chi connectivity index (χ2v) is 9.03. The van der Waals surface area contributed by atoms with E-state index in [1.54, 1.807) is 30.2 Å². The number of aliphatic carboxylic acids is 1. The Labute approximate surface area is 214 Å². The first-order valence-electron chi connectivity index (χ1n) is 12.1. The molecule has 192 valence electrons. The van der Waals surface area contributed by atoms with Crippen molar-refractivity contribution in [3.63, 3.8) is 0 Å². The van der Waals surface area contributed by atoms with E-state index in [0.29, 0.717) is 30.6 Å². The van der Waals surface area contributed by atoms with E-state index in [2.05, 4.69) is 20.7 Å². The highest BCUT2D eigenvalue weighted by molar-refractivity contribution is 6.00. The van der Waals surface area contributed by atoms with E-state index in [4.69, 9.17) is 5.11 Å². The van der Waals surface area contributed by atoms with E-state index in [-0.39, 0.29) is 18.2 Å². The second-order valence-electron chi connectivity index (χ2n) is 9.03. The van der Waals surface area contributed by atoms with E-state index in [1.807, 2.05) is 48.9 Å². The zero-order valence-corrected chi connectivity index (χ0v) is 21.1. The fourth-order valence-electron chi connectivity index (χ4n) is 4.38. The SMILES string of the molecule is CNC(=O)c1ccc2c(C)cn(C(C)C(=O)Nc3cc(Cn4cncn4)ccc3CCCC(=O)O)c2c1. The summed E-state index contributed by atoms with van der Waals surface area (Å²) in [7, 11) is 1.58. The first-order chi connectivity index (χ1) is 17.8. The summed E-state index contributed by atoms with van der Waals surface area (Å²) >= 11 is 0. The molecular weight excluding hydrogens is 472 g/mol. The molecule has 3 N–H and O–H groups in total. The Hall–Kier alpha value is -4.47. The summed E-state index contributed by atoms with van der Waals surface area (Å²) in [6.07, 6.45) is 6.02. The second kappa shape index (κ2) is 11.1. The molecule has 0 spiro atoms. The largest absolute Gasteiger partial charge is 0.481 e. The number of benzene rings is 2. The summed E-state index contributed by atoms with van der Waals surface area (Å²) in [5.74, 6) is -1.27. The van der Waals surface area contributed by atoms with Crippen LogP contribution in [0.3, 0.4) is 0 Å². The van der Waals surface area contributed by atoms with Crippen molar-refractivity contribution in [1.82, 2.24) is 24.6 Å². The predicted octanol–water partition coefficient (Wildman–Crippen LogP) is 3.56. The van der Waals surface area contributed by atoms with Crippen LogP contribution < -0.4 is 10.6 Å². The standard InChI is InChI=1S/C27H30N6O4/c1-17-13-33(24-12-21(27(37)28-3)9-10-22(17)24)18(2)26(36)31-23-11-19(14-32-16-29-15-30-32)7-8-20(23)5-4-6-25(34)35/h7-13,15-16,18H,4-6,14H2,1-3H3,(H,28,37)(H,31,36)(H,34,35). The molecule has 10 nitrogen and oxygen atoms in total. The lowest BCUT2D eigenvalue weighted by atomic mass is 10.0. The molecule has 0 aliphatic heterocycles. The molecule has 1 atom stereocenters. The summed E-state index contributed by atoms with van der Waals surface area (Å²) in [6, 6.07) is 10.6. The van der Waals surface area contributed by atoms with Gasteiger partial charge in [0.25, 0.3) is 5.91 Å². The van der Waals surface area contributed by atoms with Crippen LogP contribution in [-0.4, -0.2) is 49.3 Å². The topological polar surface area (TPSA) is 131 Å². The van der Waals surface area contributed by atoms with E-state index in [1.165, 1.54) is 6.33 Å². The number of nitrogens with one attached hydrogen (secondary N) is 2. The van der Waals surface area contributed by atoms with Crippen molar-refractivity contribution >= 4 is 34.4 Å². The molecule has 0 radical (unpaired) electrons. The van der Waals surface area contributed by atoms with Crippen molar-refractivity contribution in [3.05, 3.63) is 77.5 Å². The quantitative estimate of drug-likeness (QED) is 0.304. The molecule has 0 aliphatic carbocycles. The van der Waals surface area contributed by atoms with Gasteiger partial charge in [0.15, 0.2) is 0 Å². The van der Waals surface area contributed by atoms with E-state index >= 15 is 0 Å². The Balaban J connectivity index is 1.62. The van der Waals surface area contributed by atoms with Crippen molar-refractivity contribution in [2.24, 2.45) is 0 Å². The maximum absolute atomic E-state index is 13.5. The van der Waals surface area contributed by atoms with Gasteiger partial charge in [0, 0.05) is 41.8 Å². The van der Waals surface area contributed by atoms with Gasteiger partial charge in [-0.1, -0.05) is 18.2 Å². The number of fused-ring (bicyclic) bond motifs is 1. The van der Waals surface area contributed by atoms with Crippen LogP contribution in [0.15, 0.2) is 55.2 Å². The highest BCUT2D eigenvalue weighted by Gasteiger charge is 2.20. The van der Waals surface area contributed by atoms with Crippen LogP contribution in [0.2, 0.25) is 0 Å². The number of aromatic nitrogens is 4. The lowest BCUT2D eigenvalue weighted by Gasteiger charge is -2.18. The van der Waals surface area contributed by atoms with Crippen molar-refractivity contribution in [1.29, 1.82) is 0 Å². The summed E-state index contributed by atoms with van der Waals surface area (Å²) in [6.45, 7) is 4.26. The van der Waals surface area contributed by atoms with Crippen molar-refractivity contribution in [2.75, 3.05) is 12.4 Å². The van der Waals surface area contributed by atoms with Crippen LogP contribution in [-0.2, 0) is 22.6 Å². The molecule has 2 aromatic carbocycles. The Morgan fingerprint density at radius 2 is 1.95 bits per heavy atom. The molecule has 4 aromatic rings. The lowest BCUT2D eigenvalue weighted by molar-refractivity contribution is -0.137. The minimum Gasteiger partial charge on any atom is -0.481 e. The van der Waals surface area contributed by atoms with Gasteiger partial charge in [0.05, 0.1) is 6.54 Å². The fourth-order valence-corrected chi connectivity index (χ4v) is 4.38. The van der Waals surface area contributed by atoms with Gasteiger partial charge in [-0.05, 0) is 61.6 Å². The van der Waals surface area contributed by atoms with Crippen molar-refractivity contribution in [3.8, 4) is 0 Å². The van der Waals surface area contributed by atoms with Gasteiger partial charge < -0.3 is 20.3 Å². The third-order valence-electron chi connectivity index (χ3n) is 6.40. The number of carbonyl (C=O) groups excluding carboxylic acids is 2. The van der Waals surface area contributed by atoms with Gasteiger partial charge in [0.1, 0.15) is 18.7 Å². The van der Waals surface area contributed by atoms with E-state index < -0.39 is 12.0 Å². The number of hydrogen-bond donors (Lipinski definition) is 3. The number of anilines is 1.